The summed E-state index contributed by atoms with van der Waals surface area (Å²) in [7, 11) is 0. The summed E-state index contributed by atoms with van der Waals surface area (Å²) in [6.45, 7) is 0. The summed E-state index contributed by atoms with van der Waals surface area (Å²) in [5, 5.41) is 68.4. The van der Waals surface area contributed by atoms with Gasteiger partial charge in [-0.15, -0.1) is 0 Å². The van der Waals surface area contributed by atoms with Gasteiger partial charge in [0.05, 0.1) is 44.5 Å². The normalized spacial score (nSPS) is 9.33. The van der Waals surface area contributed by atoms with Gasteiger partial charge in [-0.25, -0.2) is 38.4 Å². The molecule has 248 valence electrons. The highest BCUT2D eigenvalue weighted by Crippen LogP contribution is 2.10. The molecular formula is C32H24O16. The molecule has 0 saturated carbocycles. The zero-order chi connectivity index (χ0) is 36.6. The largest absolute Gasteiger partial charge is 0.478 e. The first-order valence-electron chi connectivity index (χ1n) is 12.7. The Morgan fingerprint density at radius 1 is 0.229 bits per heavy atom. The third kappa shape index (κ3) is 11.6. The van der Waals surface area contributed by atoms with E-state index in [4.69, 9.17) is 40.9 Å². The van der Waals surface area contributed by atoms with Crippen molar-refractivity contribution in [3.8, 4) is 0 Å². The van der Waals surface area contributed by atoms with Gasteiger partial charge in [-0.05, 0) is 48.5 Å². The van der Waals surface area contributed by atoms with Crippen LogP contribution in [0.25, 0.3) is 0 Å². The lowest BCUT2D eigenvalue weighted by molar-refractivity contribution is 0.0651. The van der Waals surface area contributed by atoms with Gasteiger partial charge in [0.15, 0.2) is 0 Å². The number of benzene rings is 4. The van der Waals surface area contributed by atoms with E-state index >= 15 is 0 Å². The maximum atomic E-state index is 10.5. The van der Waals surface area contributed by atoms with Crippen molar-refractivity contribution in [1.29, 1.82) is 0 Å². The Bertz CT molecular complexity index is 1460. The summed E-state index contributed by atoms with van der Waals surface area (Å²) in [6, 6.07) is 21.9. The number of rotatable bonds is 8. The second-order valence-corrected chi connectivity index (χ2v) is 8.62. The smallest absolute Gasteiger partial charge is 0.336 e. The number of carboxylic acid groups (broad SMARTS) is 8. The van der Waals surface area contributed by atoms with Gasteiger partial charge in [-0.2, -0.15) is 0 Å². The number of hydrogen-bond donors (Lipinski definition) is 8. The van der Waals surface area contributed by atoms with Crippen LogP contribution < -0.4 is 0 Å². The van der Waals surface area contributed by atoms with E-state index in [-0.39, 0.29) is 44.5 Å². The van der Waals surface area contributed by atoms with Crippen molar-refractivity contribution in [3.63, 3.8) is 0 Å². The third-order valence-electron chi connectivity index (χ3n) is 5.55. The summed E-state index contributed by atoms with van der Waals surface area (Å²) in [6.07, 6.45) is 0. The molecule has 0 bridgehead atoms. The van der Waals surface area contributed by atoms with E-state index in [1.165, 1.54) is 97.1 Å². The van der Waals surface area contributed by atoms with Crippen LogP contribution in [0.1, 0.15) is 82.9 Å². The molecule has 0 unspecified atom stereocenters. The molecule has 48 heavy (non-hydrogen) atoms. The minimum atomic E-state index is -1.23. The molecule has 4 aromatic rings. The predicted octanol–water partition coefficient (Wildman–Crippen LogP) is 4.33. The molecule has 4 aromatic carbocycles. The summed E-state index contributed by atoms with van der Waals surface area (Å²) in [5.41, 5.74) is -1.52. The summed E-state index contributed by atoms with van der Waals surface area (Å²) >= 11 is 0. The molecule has 4 rings (SSSR count). The van der Waals surface area contributed by atoms with Crippen LogP contribution in [0.15, 0.2) is 97.1 Å². The molecule has 0 radical (unpaired) electrons. The minimum absolute atomic E-state index is 0.190. The van der Waals surface area contributed by atoms with Crippen molar-refractivity contribution in [2.24, 2.45) is 0 Å². The van der Waals surface area contributed by atoms with Gasteiger partial charge in [0.1, 0.15) is 0 Å². The fraction of sp³-hybridized carbons (Fsp3) is 0. The van der Waals surface area contributed by atoms with Gasteiger partial charge >= 0.3 is 47.8 Å². The lowest BCUT2D eigenvalue weighted by atomic mass is 10.1. The summed E-state index contributed by atoms with van der Waals surface area (Å²) in [4.78, 5) is 83.7. The van der Waals surface area contributed by atoms with Crippen molar-refractivity contribution >= 4 is 47.8 Å². The van der Waals surface area contributed by atoms with Crippen molar-refractivity contribution in [2.75, 3.05) is 0 Å². The highest BCUT2D eigenvalue weighted by atomic mass is 16.4. The summed E-state index contributed by atoms with van der Waals surface area (Å²) in [5.74, 6) is -9.83. The minimum Gasteiger partial charge on any atom is -0.478 e. The zero-order valence-corrected chi connectivity index (χ0v) is 24.1. The lowest BCUT2D eigenvalue weighted by Gasteiger charge is -1.98. The third-order valence-corrected chi connectivity index (χ3v) is 5.55. The predicted molar refractivity (Wildman–Crippen MR) is 161 cm³/mol. The van der Waals surface area contributed by atoms with Gasteiger partial charge in [-0.1, -0.05) is 48.5 Å². The molecule has 0 aliphatic carbocycles. The van der Waals surface area contributed by atoms with Crippen LogP contribution >= 0.6 is 0 Å². The van der Waals surface area contributed by atoms with Crippen LogP contribution in [0.5, 0.6) is 0 Å². The van der Waals surface area contributed by atoms with Crippen LogP contribution in [0.2, 0.25) is 0 Å². The number of carbonyl (C=O) groups is 8. The Balaban J connectivity index is 0.000000320. The Morgan fingerprint density at radius 2 is 0.312 bits per heavy atom. The van der Waals surface area contributed by atoms with Crippen LogP contribution in [0, 0.1) is 0 Å². The van der Waals surface area contributed by atoms with Crippen molar-refractivity contribution < 1.29 is 79.2 Å². The van der Waals surface area contributed by atoms with Crippen molar-refractivity contribution in [1.82, 2.24) is 0 Å². The fourth-order valence-corrected chi connectivity index (χ4v) is 3.42. The first kappa shape index (κ1) is 38.7. The molecule has 0 heterocycles. The number of carboxylic acids is 8. The van der Waals surface area contributed by atoms with Gasteiger partial charge in [0.2, 0.25) is 0 Å². The van der Waals surface area contributed by atoms with E-state index < -0.39 is 47.8 Å². The molecule has 0 atom stereocenters. The molecule has 0 aliphatic rings. The topological polar surface area (TPSA) is 298 Å². The van der Waals surface area contributed by atoms with E-state index in [2.05, 4.69) is 0 Å². The SMILES string of the molecule is O=C(O)c1ccccc1C(=O)O.O=C(O)c1ccccc1C(=O)O.O=C(O)c1ccccc1C(=O)O.O=C(O)c1ccccc1C(=O)O. The molecule has 0 aliphatic heterocycles. The van der Waals surface area contributed by atoms with Crippen LogP contribution in [0.3, 0.4) is 0 Å². The van der Waals surface area contributed by atoms with Crippen LogP contribution in [0.4, 0.5) is 0 Å². The average molecular weight is 665 g/mol. The van der Waals surface area contributed by atoms with Gasteiger partial charge in [0, 0.05) is 0 Å². The molecule has 0 saturated heterocycles. The van der Waals surface area contributed by atoms with Gasteiger partial charge in [-0.3, -0.25) is 0 Å². The van der Waals surface area contributed by atoms with Crippen LogP contribution in [-0.4, -0.2) is 88.6 Å². The summed E-state index contributed by atoms with van der Waals surface area (Å²) < 4.78 is 0. The number of hydrogen-bond acceptors (Lipinski definition) is 8. The maximum absolute atomic E-state index is 10.5. The first-order chi connectivity index (χ1) is 22.5. The fourth-order valence-electron chi connectivity index (χ4n) is 3.42. The average Bonchev–Trinajstić information content (AvgIpc) is 3.05. The van der Waals surface area contributed by atoms with E-state index in [1.54, 1.807) is 0 Å². The Kier molecular flexibility index (Phi) is 14.9. The molecule has 0 spiro atoms. The van der Waals surface area contributed by atoms with Gasteiger partial charge < -0.3 is 40.9 Å². The second-order valence-electron chi connectivity index (χ2n) is 8.62. The lowest BCUT2D eigenvalue weighted by Crippen LogP contribution is -2.06. The second kappa shape index (κ2) is 18.4. The van der Waals surface area contributed by atoms with Crippen LogP contribution in [-0.2, 0) is 0 Å². The molecule has 16 heteroatoms. The quantitative estimate of drug-likeness (QED) is 0.130. The Labute approximate surface area is 268 Å². The molecule has 16 nitrogen and oxygen atoms in total. The molecule has 0 fully saturated rings. The molecule has 8 N–H and O–H groups in total. The highest BCUT2D eigenvalue weighted by molar-refractivity contribution is 6.03. The van der Waals surface area contributed by atoms with Crippen molar-refractivity contribution in [2.45, 2.75) is 0 Å². The zero-order valence-electron chi connectivity index (χ0n) is 24.1. The maximum Gasteiger partial charge on any atom is 0.336 e. The number of aromatic carboxylic acids is 8. The van der Waals surface area contributed by atoms with E-state index in [9.17, 15) is 38.4 Å². The Morgan fingerprint density at radius 3 is 0.375 bits per heavy atom. The standard InChI is InChI=1S/4C8H6O4/c4*9-7(10)5-3-1-2-4-6(5)8(11)12/h4*1-4H,(H,9,10)(H,11,12). The molecule has 0 aromatic heterocycles. The monoisotopic (exact) mass is 664 g/mol. The molecule has 0 amide bonds. The van der Waals surface area contributed by atoms with E-state index in [1.807, 2.05) is 0 Å². The first-order valence-corrected chi connectivity index (χ1v) is 12.7. The molecular weight excluding hydrogens is 640 g/mol. The van der Waals surface area contributed by atoms with Gasteiger partial charge in [0.25, 0.3) is 0 Å². The van der Waals surface area contributed by atoms with E-state index in [0.717, 1.165) is 0 Å². The Hall–Kier alpha value is -7.36. The van der Waals surface area contributed by atoms with Crippen molar-refractivity contribution in [3.05, 3.63) is 142 Å². The van der Waals surface area contributed by atoms with E-state index in [0.29, 0.717) is 0 Å². The highest BCUT2D eigenvalue weighted by Gasteiger charge is 2.16.